The van der Waals surface area contributed by atoms with Crippen molar-refractivity contribution in [2.45, 2.75) is 45.6 Å². The standard InChI is InChI=1S/C25H33N7O2/c1-16-20-15-27-25(28-21-11-10-19(14-26-21)31(5)13-12-30(3)4)29-23(20)32(18-8-6-7-9-18)24(34)22(16)17(2)33/h10-11,14-15,18H,6-9,12-13H2,1-5H3,(H,26,27,28,29). The monoisotopic (exact) mass is 463 g/mol. The molecule has 0 spiro atoms. The highest BCUT2D eigenvalue weighted by Gasteiger charge is 2.25. The lowest BCUT2D eigenvalue weighted by Crippen LogP contribution is -2.30. The maximum atomic E-state index is 13.3. The summed E-state index contributed by atoms with van der Waals surface area (Å²) in [6, 6.07) is 3.94. The predicted octanol–water partition coefficient (Wildman–Crippen LogP) is 3.55. The van der Waals surface area contributed by atoms with Gasteiger partial charge in [-0.15, -0.1) is 0 Å². The van der Waals surface area contributed by atoms with Crippen LogP contribution in [0.15, 0.2) is 29.3 Å². The van der Waals surface area contributed by atoms with Gasteiger partial charge in [0.25, 0.3) is 5.56 Å². The molecule has 0 amide bonds. The van der Waals surface area contributed by atoms with Crippen molar-refractivity contribution in [2.24, 2.45) is 0 Å². The van der Waals surface area contributed by atoms with Crippen LogP contribution in [0.2, 0.25) is 0 Å². The van der Waals surface area contributed by atoms with E-state index in [1.807, 2.05) is 25.4 Å². The molecule has 9 nitrogen and oxygen atoms in total. The van der Waals surface area contributed by atoms with Crippen LogP contribution >= 0.6 is 0 Å². The summed E-state index contributed by atoms with van der Waals surface area (Å²) in [5.74, 6) is 0.768. The third-order valence-corrected chi connectivity index (χ3v) is 6.56. The number of carbonyl (C=O) groups is 1. The van der Waals surface area contributed by atoms with Crippen LogP contribution < -0.4 is 15.8 Å². The smallest absolute Gasteiger partial charge is 0.263 e. The maximum Gasteiger partial charge on any atom is 0.263 e. The van der Waals surface area contributed by atoms with E-state index in [0.717, 1.165) is 49.8 Å². The molecule has 9 heteroatoms. The highest BCUT2D eigenvalue weighted by molar-refractivity contribution is 5.99. The predicted molar refractivity (Wildman–Crippen MR) is 135 cm³/mol. The van der Waals surface area contributed by atoms with Gasteiger partial charge in [-0.3, -0.25) is 14.2 Å². The minimum atomic E-state index is -0.253. The van der Waals surface area contributed by atoms with E-state index in [-0.39, 0.29) is 22.9 Å². The third kappa shape index (κ3) is 4.79. The second-order valence-corrected chi connectivity index (χ2v) is 9.35. The average Bonchev–Trinajstić information content (AvgIpc) is 3.32. The minimum Gasteiger partial charge on any atom is -0.372 e. The maximum absolute atomic E-state index is 13.3. The molecule has 0 saturated heterocycles. The Morgan fingerprint density at radius 3 is 2.47 bits per heavy atom. The highest BCUT2D eigenvalue weighted by atomic mass is 16.1. The van der Waals surface area contributed by atoms with Crippen molar-refractivity contribution in [3.63, 3.8) is 0 Å². The fourth-order valence-corrected chi connectivity index (χ4v) is 4.59. The Hall–Kier alpha value is -3.33. The third-order valence-electron chi connectivity index (χ3n) is 6.56. The number of Topliss-reactive ketones (excluding diaryl/α,β-unsaturated/α-hetero) is 1. The molecule has 0 aliphatic heterocycles. The van der Waals surface area contributed by atoms with E-state index in [1.165, 1.54) is 6.92 Å². The van der Waals surface area contributed by atoms with Gasteiger partial charge in [0, 0.05) is 37.8 Å². The number of aryl methyl sites for hydroxylation is 1. The van der Waals surface area contributed by atoms with Crippen molar-refractivity contribution >= 4 is 34.3 Å². The van der Waals surface area contributed by atoms with Crippen LogP contribution in [0.5, 0.6) is 0 Å². The Morgan fingerprint density at radius 1 is 1.12 bits per heavy atom. The Labute approximate surface area is 199 Å². The summed E-state index contributed by atoms with van der Waals surface area (Å²) in [6.45, 7) is 5.09. The van der Waals surface area contributed by atoms with E-state index in [4.69, 9.17) is 4.98 Å². The van der Waals surface area contributed by atoms with Crippen molar-refractivity contribution in [1.29, 1.82) is 0 Å². The number of rotatable bonds is 8. The zero-order valence-electron chi connectivity index (χ0n) is 20.6. The number of fused-ring (bicyclic) bond motifs is 1. The number of ketones is 1. The van der Waals surface area contributed by atoms with Gasteiger partial charge in [-0.05, 0) is 58.5 Å². The van der Waals surface area contributed by atoms with Gasteiger partial charge < -0.3 is 15.1 Å². The van der Waals surface area contributed by atoms with Crippen molar-refractivity contribution in [2.75, 3.05) is 44.4 Å². The van der Waals surface area contributed by atoms with Crippen molar-refractivity contribution in [3.8, 4) is 0 Å². The summed E-state index contributed by atoms with van der Waals surface area (Å²) in [4.78, 5) is 43.6. The van der Waals surface area contributed by atoms with Gasteiger partial charge in [-0.25, -0.2) is 9.97 Å². The molecule has 1 N–H and O–H groups in total. The lowest BCUT2D eigenvalue weighted by molar-refractivity contribution is 0.101. The molecule has 1 aliphatic carbocycles. The van der Waals surface area contributed by atoms with E-state index < -0.39 is 0 Å². The molecule has 3 aromatic rings. The van der Waals surface area contributed by atoms with Crippen LogP contribution in [0.4, 0.5) is 17.5 Å². The van der Waals surface area contributed by atoms with Crippen LogP contribution in [-0.4, -0.2) is 64.4 Å². The molecule has 0 unspecified atom stereocenters. The van der Waals surface area contributed by atoms with Crippen LogP contribution in [0.3, 0.4) is 0 Å². The number of aromatic nitrogens is 4. The van der Waals surface area contributed by atoms with Crippen molar-refractivity contribution in [1.82, 2.24) is 24.4 Å². The number of hydrogen-bond acceptors (Lipinski definition) is 8. The summed E-state index contributed by atoms with van der Waals surface area (Å²) in [5, 5.41) is 3.89. The van der Waals surface area contributed by atoms with Gasteiger partial charge in [0.15, 0.2) is 5.78 Å². The van der Waals surface area contributed by atoms with Gasteiger partial charge >= 0.3 is 0 Å². The van der Waals surface area contributed by atoms with E-state index in [2.05, 4.69) is 39.2 Å². The van der Waals surface area contributed by atoms with Crippen molar-refractivity contribution < 1.29 is 4.79 Å². The number of pyridine rings is 2. The molecule has 1 fully saturated rings. The first-order valence-electron chi connectivity index (χ1n) is 11.8. The zero-order valence-corrected chi connectivity index (χ0v) is 20.6. The van der Waals surface area contributed by atoms with Gasteiger partial charge in [0.05, 0.1) is 17.4 Å². The molecule has 4 rings (SSSR count). The van der Waals surface area contributed by atoms with E-state index in [0.29, 0.717) is 23.0 Å². The Bertz CT molecular complexity index is 1240. The average molecular weight is 464 g/mol. The summed E-state index contributed by atoms with van der Waals surface area (Å²) in [6.07, 6.45) is 7.46. The highest BCUT2D eigenvalue weighted by Crippen LogP contribution is 2.32. The summed E-state index contributed by atoms with van der Waals surface area (Å²) in [5.41, 5.74) is 2.21. The van der Waals surface area contributed by atoms with E-state index in [1.54, 1.807) is 17.7 Å². The van der Waals surface area contributed by atoms with Crippen LogP contribution in [-0.2, 0) is 0 Å². The molecule has 34 heavy (non-hydrogen) atoms. The van der Waals surface area contributed by atoms with Gasteiger partial charge in [0.1, 0.15) is 11.5 Å². The topological polar surface area (TPSA) is 96.2 Å². The first-order valence-corrected chi connectivity index (χ1v) is 11.8. The molecular weight excluding hydrogens is 430 g/mol. The molecular formula is C25H33N7O2. The lowest BCUT2D eigenvalue weighted by atomic mass is 10.0. The molecule has 3 heterocycles. The second kappa shape index (κ2) is 9.89. The van der Waals surface area contributed by atoms with E-state index in [9.17, 15) is 9.59 Å². The van der Waals surface area contributed by atoms with Crippen LogP contribution in [0.25, 0.3) is 11.0 Å². The quantitative estimate of drug-likeness (QED) is 0.507. The summed E-state index contributed by atoms with van der Waals surface area (Å²) < 4.78 is 1.72. The fraction of sp³-hybridized carbons (Fsp3) is 0.480. The number of nitrogens with zero attached hydrogens (tertiary/aromatic N) is 6. The zero-order chi connectivity index (χ0) is 24.4. The summed E-state index contributed by atoms with van der Waals surface area (Å²) >= 11 is 0. The van der Waals surface area contributed by atoms with Crippen LogP contribution in [0, 0.1) is 6.92 Å². The normalized spacial score (nSPS) is 14.2. The van der Waals surface area contributed by atoms with Crippen LogP contribution in [0.1, 0.15) is 54.6 Å². The lowest BCUT2D eigenvalue weighted by Gasteiger charge is -2.21. The molecule has 0 atom stereocenters. The first kappa shape index (κ1) is 23.8. The Morgan fingerprint density at radius 2 is 1.85 bits per heavy atom. The molecule has 0 aromatic carbocycles. The molecule has 1 saturated carbocycles. The van der Waals surface area contributed by atoms with Gasteiger partial charge in [-0.2, -0.15) is 4.98 Å². The molecule has 0 radical (unpaired) electrons. The number of anilines is 3. The molecule has 180 valence electrons. The first-order chi connectivity index (χ1) is 16.3. The van der Waals surface area contributed by atoms with Gasteiger partial charge in [-0.1, -0.05) is 12.8 Å². The molecule has 1 aliphatic rings. The second-order valence-electron chi connectivity index (χ2n) is 9.35. The Balaban J connectivity index is 1.67. The van der Waals surface area contributed by atoms with Crippen molar-refractivity contribution in [3.05, 3.63) is 46.0 Å². The Kier molecular flexibility index (Phi) is 6.92. The minimum absolute atomic E-state index is 0.0477. The SMILES string of the molecule is CC(=O)c1c(C)c2cnc(Nc3ccc(N(C)CCN(C)C)cn3)nc2n(C2CCCC2)c1=O. The van der Waals surface area contributed by atoms with E-state index >= 15 is 0 Å². The number of nitrogens with one attached hydrogen (secondary N) is 1. The molecule has 3 aromatic heterocycles. The summed E-state index contributed by atoms with van der Waals surface area (Å²) in [7, 11) is 6.15. The molecule has 0 bridgehead atoms. The number of hydrogen-bond donors (Lipinski definition) is 1. The number of carbonyl (C=O) groups excluding carboxylic acids is 1. The largest absolute Gasteiger partial charge is 0.372 e. The number of likely N-dealkylation sites (N-methyl/N-ethyl adjacent to an activating group) is 2. The van der Waals surface area contributed by atoms with Gasteiger partial charge in [0.2, 0.25) is 5.95 Å². The fourth-order valence-electron chi connectivity index (χ4n) is 4.59.